The van der Waals surface area contributed by atoms with Crippen LogP contribution in [0, 0.1) is 69.0 Å². The molecule has 1 saturated carbocycles. The Morgan fingerprint density at radius 3 is 1.22 bits per heavy atom. The van der Waals surface area contributed by atoms with Crippen molar-refractivity contribution >= 4 is 10.0 Å². The number of sulfonamides is 1. The van der Waals surface area contributed by atoms with Crippen LogP contribution in [0.2, 0.25) is 0 Å². The minimum absolute atomic E-state index is 0.0841. The summed E-state index contributed by atoms with van der Waals surface area (Å²) >= 11 is 0. The molecule has 0 N–H and O–H groups in total. The molecular formula is C42H80F2N4O2S. The second-order valence-electron chi connectivity index (χ2n) is 19.0. The second kappa shape index (κ2) is 19.2. The SMILES string of the molecule is CC(C)C1(C(C)C)CCN(CC#N)CC1.CC(C)C1(C(C)C)CCN(CC(C)(F)F)CC1.CC(C)C1(C(C)C)CCN(S(=O)(=O)CC2CC2)CC1. The van der Waals surface area contributed by atoms with Crippen molar-refractivity contribution in [2.75, 3.05) is 58.1 Å². The summed E-state index contributed by atoms with van der Waals surface area (Å²) in [4.78, 5) is 4.20. The lowest BCUT2D eigenvalue weighted by Crippen LogP contribution is -2.48. The van der Waals surface area contributed by atoms with Crippen LogP contribution < -0.4 is 0 Å². The van der Waals surface area contributed by atoms with E-state index in [0.29, 0.717) is 58.1 Å². The Bertz CT molecular complexity index is 1130. The molecule has 300 valence electrons. The summed E-state index contributed by atoms with van der Waals surface area (Å²) in [6.07, 6.45) is 8.87. The third-order valence-electron chi connectivity index (χ3n) is 14.5. The number of nitriles is 1. The van der Waals surface area contributed by atoms with Gasteiger partial charge in [-0.1, -0.05) is 83.1 Å². The lowest BCUT2D eigenvalue weighted by atomic mass is 9.63. The average molecular weight is 743 g/mol. The summed E-state index contributed by atoms with van der Waals surface area (Å²) in [5.74, 6) is 2.30. The van der Waals surface area contributed by atoms with Gasteiger partial charge >= 0.3 is 0 Å². The van der Waals surface area contributed by atoms with E-state index in [2.05, 4.69) is 94.1 Å². The standard InChI is InChI=1S/C15H29NO2S.C14H27F2N.C13H24N2/c1-12(2)15(13(3)4)7-9-16(10-8-15)19(17,18)11-14-5-6-14;1-11(2)14(12(3)4)6-8-17(9-7-14)10-13(5,15)16;1-11(2)13(12(3)4)5-8-15(9-6-13)10-7-14/h12-14H,5-11H2,1-4H3;11-12H,6-10H2,1-5H3;11-12H,5-6,8-10H2,1-4H3. The highest BCUT2D eigenvalue weighted by atomic mass is 32.2. The van der Waals surface area contributed by atoms with E-state index < -0.39 is 15.9 Å². The molecule has 0 aromatic rings. The van der Waals surface area contributed by atoms with Crippen LogP contribution in [0.25, 0.3) is 0 Å². The van der Waals surface area contributed by atoms with E-state index in [1.165, 1.54) is 12.8 Å². The van der Waals surface area contributed by atoms with Gasteiger partial charge in [0.05, 0.1) is 24.9 Å². The molecule has 0 unspecified atom stereocenters. The highest BCUT2D eigenvalue weighted by molar-refractivity contribution is 7.89. The predicted octanol–water partition coefficient (Wildman–Crippen LogP) is 10.1. The minimum Gasteiger partial charge on any atom is -0.297 e. The molecule has 0 spiro atoms. The van der Waals surface area contributed by atoms with Crippen LogP contribution in [0.1, 0.15) is 141 Å². The lowest BCUT2D eigenvalue weighted by molar-refractivity contribution is -0.0460. The van der Waals surface area contributed by atoms with Crippen LogP contribution in [0.15, 0.2) is 0 Å². The van der Waals surface area contributed by atoms with Crippen molar-refractivity contribution in [2.45, 2.75) is 147 Å². The molecule has 0 atom stereocenters. The molecule has 0 bridgehead atoms. The van der Waals surface area contributed by atoms with Gasteiger partial charge in [0.1, 0.15) is 0 Å². The number of rotatable bonds is 12. The highest BCUT2D eigenvalue weighted by Crippen LogP contribution is 2.47. The van der Waals surface area contributed by atoms with E-state index in [4.69, 9.17) is 5.26 Å². The Morgan fingerprint density at radius 1 is 0.627 bits per heavy atom. The topological polar surface area (TPSA) is 67.7 Å². The number of nitrogens with zero attached hydrogens (tertiary/aromatic N) is 4. The van der Waals surface area contributed by atoms with Crippen molar-refractivity contribution in [3.05, 3.63) is 0 Å². The largest absolute Gasteiger partial charge is 0.297 e. The van der Waals surface area contributed by atoms with Crippen LogP contribution in [0.5, 0.6) is 0 Å². The Kier molecular flexibility index (Phi) is 17.4. The molecule has 51 heavy (non-hydrogen) atoms. The second-order valence-corrected chi connectivity index (χ2v) is 21.0. The molecule has 4 aliphatic rings. The number of hydrogen-bond donors (Lipinski definition) is 0. The van der Waals surface area contributed by atoms with Gasteiger partial charge in [0.25, 0.3) is 5.92 Å². The Morgan fingerprint density at radius 2 is 0.941 bits per heavy atom. The van der Waals surface area contributed by atoms with Gasteiger partial charge in [0, 0.05) is 20.0 Å². The monoisotopic (exact) mass is 743 g/mol. The van der Waals surface area contributed by atoms with Gasteiger partial charge in [0.2, 0.25) is 10.0 Å². The molecule has 6 nitrogen and oxygen atoms in total. The first-order chi connectivity index (χ1) is 23.5. The van der Waals surface area contributed by atoms with Gasteiger partial charge in [-0.15, -0.1) is 0 Å². The molecule has 0 aromatic heterocycles. The first-order valence-corrected chi connectivity index (χ1v) is 22.3. The zero-order chi connectivity index (χ0) is 39.0. The summed E-state index contributed by atoms with van der Waals surface area (Å²) < 4.78 is 52.3. The van der Waals surface area contributed by atoms with Crippen molar-refractivity contribution in [1.29, 1.82) is 5.26 Å². The molecule has 3 heterocycles. The smallest absolute Gasteiger partial charge is 0.257 e. The number of halogens is 2. The fourth-order valence-corrected chi connectivity index (χ4v) is 12.0. The van der Waals surface area contributed by atoms with Crippen LogP contribution in [-0.4, -0.2) is 86.6 Å². The maximum absolute atomic E-state index is 13.0. The zero-order valence-electron chi connectivity index (χ0n) is 35.3. The van der Waals surface area contributed by atoms with Gasteiger partial charge < -0.3 is 0 Å². The number of hydrogen-bond acceptors (Lipinski definition) is 5. The Balaban J connectivity index is 0.000000267. The van der Waals surface area contributed by atoms with Crippen LogP contribution in [0.4, 0.5) is 8.78 Å². The van der Waals surface area contributed by atoms with Crippen molar-refractivity contribution in [3.8, 4) is 6.07 Å². The molecular weight excluding hydrogens is 663 g/mol. The van der Waals surface area contributed by atoms with Gasteiger partial charge in [-0.25, -0.2) is 21.5 Å². The Labute approximate surface area is 314 Å². The van der Waals surface area contributed by atoms with E-state index in [-0.39, 0.29) is 6.54 Å². The molecule has 4 rings (SSSR count). The summed E-state index contributed by atoms with van der Waals surface area (Å²) in [6, 6.07) is 2.25. The first-order valence-electron chi connectivity index (χ1n) is 20.6. The summed E-state index contributed by atoms with van der Waals surface area (Å²) in [7, 11) is -2.99. The molecule has 0 aromatic carbocycles. The summed E-state index contributed by atoms with van der Waals surface area (Å²) in [6.45, 7) is 34.4. The third-order valence-corrected chi connectivity index (χ3v) is 16.5. The minimum atomic E-state index is -2.99. The quantitative estimate of drug-likeness (QED) is 0.186. The van der Waals surface area contributed by atoms with Crippen LogP contribution in [0.3, 0.4) is 0 Å². The van der Waals surface area contributed by atoms with Crippen molar-refractivity contribution in [1.82, 2.24) is 14.1 Å². The zero-order valence-corrected chi connectivity index (χ0v) is 36.1. The van der Waals surface area contributed by atoms with Gasteiger partial charge in [-0.05, 0) is 135 Å². The van der Waals surface area contributed by atoms with Crippen LogP contribution in [-0.2, 0) is 10.0 Å². The maximum Gasteiger partial charge on any atom is 0.257 e. The molecule has 4 fully saturated rings. The molecule has 3 aliphatic heterocycles. The van der Waals surface area contributed by atoms with Crippen molar-refractivity contribution in [3.63, 3.8) is 0 Å². The van der Waals surface area contributed by atoms with Crippen molar-refractivity contribution in [2.24, 2.45) is 57.7 Å². The molecule has 9 heteroatoms. The van der Waals surface area contributed by atoms with Crippen molar-refractivity contribution < 1.29 is 17.2 Å². The maximum atomic E-state index is 13.0. The number of alkyl halides is 2. The normalized spacial score (nSPS) is 23.3. The van der Waals surface area contributed by atoms with Crippen LogP contribution >= 0.6 is 0 Å². The van der Waals surface area contributed by atoms with E-state index in [1.54, 1.807) is 4.31 Å². The summed E-state index contributed by atoms with van der Waals surface area (Å²) in [5.41, 5.74) is 1.18. The van der Waals surface area contributed by atoms with Gasteiger partial charge in [0.15, 0.2) is 0 Å². The van der Waals surface area contributed by atoms with Gasteiger partial charge in [-0.2, -0.15) is 5.26 Å². The van der Waals surface area contributed by atoms with E-state index >= 15 is 0 Å². The molecule has 3 saturated heterocycles. The number of likely N-dealkylation sites (tertiary alicyclic amines) is 2. The molecule has 0 amide bonds. The molecule has 1 aliphatic carbocycles. The fourth-order valence-electron chi connectivity index (χ4n) is 10.1. The average Bonchev–Trinajstić information content (AvgIpc) is 3.84. The van der Waals surface area contributed by atoms with E-state index in [0.717, 1.165) is 96.6 Å². The third kappa shape index (κ3) is 12.6. The highest BCUT2D eigenvalue weighted by Gasteiger charge is 2.44. The Hall–Kier alpha value is -0.820. The summed E-state index contributed by atoms with van der Waals surface area (Å²) in [5, 5.41) is 8.68. The lowest BCUT2D eigenvalue weighted by Gasteiger charge is -2.48. The predicted molar refractivity (Wildman–Crippen MR) is 211 cm³/mol. The van der Waals surface area contributed by atoms with E-state index in [9.17, 15) is 17.2 Å². The van der Waals surface area contributed by atoms with E-state index in [1.807, 2.05) is 4.90 Å². The number of piperidine rings is 3. The fraction of sp³-hybridized carbons (Fsp3) is 0.976. The molecule has 0 radical (unpaired) electrons. The first kappa shape index (κ1) is 46.3. The van der Waals surface area contributed by atoms with Gasteiger partial charge in [-0.3, -0.25) is 9.80 Å².